The van der Waals surface area contributed by atoms with Crippen LogP contribution in [0.5, 0.6) is 0 Å². The van der Waals surface area contributed by atoms with Gasteiger partial charge < -0.3 is 0 Å². The van der Waals surface area contributed by atoms with Gasteiger partial charge >= 0.3 is 0 Å². The molecule has 4 heteroatoms. The van der Waals surface area contributed by atoms with Gasteiger partial charge in [-0.15, -0.1) is 5.10 Å². The van der Waals surface area contributed by atoms with Crippen LogP contribution in [0, 0.1) is 5.92 Å². The van der Waals surface area contributed by atoms with Crippen molar-refractivity contribution in [2.45, 2.75) is 26.3 Å². The molecule has 2 heterocycles. The molecule has 1 aromatic heterocycles. The molecular weight excluding hydrogens is 182 g/mol. The van der Waals surface area contributed by atoms with E-state index in [-0.39, 0.29) is 0 Å². The Morgan fingerprint density at radius 2 is 2.31 bits per heavy atom. The van der Waals surface area contributed by atoms with Crippen LogP contribution in [0.3, 0.4) is 0 Å². The molecule has 0 radical (unpaired) electrons. The lowest BCUT2D eigenvalue weighted by molar-refractivity contribution is 0.183. The summed E-state index contributed by atoms with van der Waals surface area (Å²) in [5, 5.41) is 6.10. The van der Waals surface area contributed by atoms with Crippen LogP contribution in [0.15, 0.2) is 5.38 Å². The molecule has 1 aliphatic heterocycles. The molecule has 3 nitrogen and oxygen atoms in total. The van der Waals surface area contributed by atoms with Gasteiger partial charge in [-0.1, -0.05) is 11.4 Å². The van der Waals surface area contributed by atoms with Crippen molar-refractivity contribution in [2.24, 2.45) is 5.92 Å². The summed E-state index contributed by atoms with van der Waals surface area (Å²) in [6.07, 6.45) is 2.66. The lowest BCUT2D eigenvalue weighted by Crippen LogP contribution is -2.32. The maximum Gasteiger partial charge on any atom is 0.0895 e. The molecule has 0 amide bonds. The van der Waals surface area contributed by atoms with Crippen molar-refractivity contribution >= 4 is 11.5 Å². The van der Waals surface area contributed by atoms with Gasteiger partial charge in [0.15, 0.2) is 0 Å². The van der Waals surface area contributed by atoms with Crippen LogP contribution in [0.1, 0.15) is 25.5 Å². The van der Waals surface area contributed by atoms with E-state index in [1.54, 1.807) is 0 Å². The Kier molecular flexibility index (Phi) is 2.90. The number of hydrogen-bond acceptors (Lipinski definition) is 4. The van der Waals surface area contributed by atoms with Crippen molar-refractivity contribution in [1.29, 1.82) is 0 Å². The highest BCUT2D eigenvalue weighted by molar-refractivity contribution is 7.03. The molecule has 2 rings (SSSR count). The van der Waals surface area contributed by atoms with Crippen molar-refractivity contribution in [3.8, 4) is 0 Å². The van der Waals surface area contributed by atoms with Crippen LogP contribution in [-0.2, 0) is 6.54 Å². The fourth-order valence-electron chi connectivity index (χ4n) is 1.70. The first-order chi connectivity index (χ1) is 6.34. The van der Waals surface area contributed by atoms with Gasteiger partial charge in [0, 0.05) is 11.9 Å². The van der Waals surface area contributed by atoms with Crippen molar-refractivity contribution in [1.82, 2.24) is 14.5 Å². The topological polar surface area (TPSA) is 29.0 Å². The first-order valence-electron chi connectivity index (χ1n) is 4.83. The van der Waals surface area contributed by atoms with Crippen molar-refractivity contribution in [3.05, 3.63) is 11.1 Å². The van der Waals surface area contributed by atoms with Gasteiger partial charge in [-0.25, -0.2) is 0 Å². The Morgan fingerprint density at radius 3 is 2.92 bits per heavy atom. The minimum Gasteiger partial charge on any atom is -0.297 e. The first-order valence-corrected chi connectivity index (χ1v) is 5.66. The second-order valence-electron chi connectivity index (χ2n) is 3.85. The predicted molar refractivity (Wildman–Crippen MR) is 53.6 cm³/mol. The summed E-state index contributed by atoms with van der Waals surface area (Å²) < 4.78 is 3.87. The summed E-state index contributed by atoms with van der Waals surface area (Å²) in [5.74, 6) is 0.907. The highest BCUT2D eigenvalue weighted by atomic mass is 32.1. The Labute approximate surface area is 82.9 Å². The van der Waals surface area contributed by atoms with Crippen LogP contribution in [0.25, 0.3) is 0 Å². The van der Waals surface area contributed by atoms with E-state index in [9.17, 15) is 0 Å². The van der Waals surface area contributed by atoms with Crippen LogP contribution in [0.2, 0.25) is 0 Å². The summed E-state index contributed by atoms with van der Waals surface area (Å²) in [6, 6.07) is 0. The van der Waals surface area contributed by atoms with Crippen LogP contribution < -0.4 is 0 Å². The number of hydrogen-bond donors (Lipinski definition) is 0. The second kappa shape index (κ2) is 4.15. The summed E-state index contributed by atoms with van der Waals surface area (Å²) in [4.78, 5) is 2.47. The van der Waals surface area contributed by atoms with E-state index in [1.165, 1.54) is 37.5 Å². The molecule has 13 heavy (non-hydrogen) atoms. The molecule has 0 bridgehead atoms. The summed E-state index contributed by atoms with van der Waals surface area (Å²) in [5.41, 5.74) is 1.12. The number of piperidine rings is 1. The number of likely N-dealkylation sites (tertiary alicyclic amines) is 1. The van der Waals surface area contributed by atoms with E-state index in [0.717, 1.165) is 18.2 Å². The van der Waals surface area contributed by atoms with Crippen molar-refractivity contribution in [2.75, 3.05) is 13.1 Å². The largest absolute Gasteiger partial charge is 0.297 e. The monoisotopic (exact) mass is 197 g/mol. The summed E-state index contributed by atoms with van der Waals surface area (Å²) >= 11 is 1.44. The first kappa shape index (κ1) is 9.09. The molecule has 72 valence electrons. The molecule has 1 saturated heterocycles. The van der Waals surface area contributed by atoms with E-state index in [1.807, 2.05) is 5.38 Å². The zero-order chi connectivity index (χ0) is 9.10. The van der Waals surface area contributed by atoms with Gasteiger partial charge in [-0.3, -0.25) is 4.90 Å². The molecule has 1 aromatic rings. The number of rotatable bonds is 2. The Morgan fingerprint density at radius 1 is 1.54 bits per heavy atom. The van der Waals surface area contributed by atoms with Crippen molar-refractivity contribution in [3.63, 3.8) is 0 Å². The van der Waals surface area contributed by atoms with Crippen LogP contribution in [-0.4, -0.2) is 27.6 Å². The van der Waals surface area contributed by atoms with E-state index < -0.39 is 0 Å². The zero-order valence-corrected chi connectivity index (χ0v) is 8.76. The smallest absolute Gasteiger partial charge is 0.0895 e. The van der Waals surface area contributed by atoms with Crippen LogP contribution in [0.4, 0.5) is 0 Å². The maximum atomic E-state index is 4.06. The number of nitrogens with zero attached hydrogens (tertiary/aromatic N) is 3. The summed E-state index contributed by atoms with van der Waals surface area (Å²) in [6.45, 7) is 5.77. The lowest BCUT2D eigenvalue weighted by atomic mass is 9.99. The standard InChI is InChI=1S/C9H15N3S/c1-8-2-4-12(5-3-8)6-9-7-13-11-10-9/h7-8H,2-6H2,1H3. The number of aromatic nitrogens is 2. The summed E-state index contributed by atoms with van der Waals surface area (Å²) in [7, 11) is 0. The highest BCUT2D eigenvalue weighted by Crippen LogP contribution is 2.17. The van der Waals surface area contributed by atoms with E-state index in [4.69, 9.17) is 0 Å². The molecule has 0 saturated carbocycles. The quantitative estimate of drug-likeness (QED) is 0.723. The third-order valence-corrected chi connectivity index (χ3v) is 3.22. The lowest BCUT2D eigenvalue weighted by Gasteiger charge is -2.29. The molecule has 0 spiro atoms. The molecular formula is C9H15N3S. The van der Waals surface area contributed by atoms with Crippen LogP contribution >= 0.6 is 11.5 Å². The predicted octanol–water partition coefficient (Wildman–Crippen LogP) is 1.77. The minimum atomic E-state index is 0.907. The molecule has 0 N–H and O–H groups in total. The molecule has 1 fully saturated rings. The van der Waals surface area contributed by atoms with Gasteiger partial charge in [-0.05, 0) is 43.4 Å². The average molecular weight is 197 g/mol. The van der Waals surface area contributed by atoms with Crippen molar-refractivity contribution < 1.29 is 0 Å². The van der Waals surface area contributed by atoms with E-state index in [2.05, 4.69) is 21.4 Å². The van der Waals surface area contributed by atoms with E-state index in [0.29, 0.717) is 0 Å². The molecule has 0 atom stereocenters. The fraction of sp³-hybridized carbons (Fsp3) is 0.778. The molecule has 0 aromatic carbocycles. The third-order valence-electron chi connectivity index (χ3n) is 2.67. The Balaban J connectivity index is 1.83. The zero-order valence-electron chi connectivity index (χ0n) is 7.94. The van der Waals surface area contributed by atoms with Gasteiger partial charge in [-0.2, -0.15) is 0 Å². The van der Waals surface area contributed by atoms with Gasteiger partial charge in [0.05, 0.1) is 5.69 Å². The normalized spacial score (nSPS) is 20.7. The Bertz CT molecular complexity index is 239. The average Bonchev–Trinajstić information content (AvgIpc) is 2.62. The van der Waals surface area contributed by atoms with Gasteiger partial charge in [0.25, 0.3) is 0 Å². The maximum absolute atomic E-state index is 4.06. The fourth-order valence-corrected chi connectivity index (χ4v) is 2.14. The minimum absolute atomic E-state index is 0.907. The van der Waals surface area contributed by atoms with Gasteiger partial charge in [0.2, 0.25) is 0 Å². The molecule has 0 unspecified atom stereocenters. The van der Waals surface area contributed by atoms with Gasteiger partial charge in [0.1, 0.15) is 0 Å². The van der Waals surface area contributed by atoms with E-state index >= 15 is 0 Å². The third kappa shape index (κ3) is 2.48. The second-order valence-corrected chi connectivity index (χ2v) is 4.46. The Hall–Kier alpha value is -0.480. The highest BCUT2D eigenvalue weighted by Gasteiger charge is 2.16. The molecule has 1 aliphatic rings. The SMILES string of the molecule is CC1CCN(Cc2csnn2)CC1. The molecule has 0 aliphatic carbocycles.